The maximum Gasteiger partial charge on any atom is 0.416 e. The molecule has 0 spiro atoms. The Labute approximate surface area is 310 Å². The maximum atomic E-state index is 13.8. The van der Waals surface area contributed by atoms with E-state index >= 15 is 0 Å². The second-order valence-corrected chi connectivity index (χ2v) is 15.3. The zero-order valence-electron chi connectivity index (χ0n) is 27.9. The highest BCUT2D eigenvalue weighted by molar-refractivity contribution is 7.99. The summed E-state index contributed by atoms with van der Waals surface area (Å²) in [5.74, 6) is 0.604. The number of alkyl halides is 6. The van der Waals surface area contributed by atoms with Gasteiger partial charge in [0.15, 0.2) is 0 Å². The van der Waals surface area contributed by atoms with Gasteiger partial charge in [0.2, 0.25) is 17.9 Å². The van der Waals surface area contributed by atoms with E-state index in [2.05, 4.69) is 24.7 Å². The highest BCUT2D eigenvalue weighted by atomic mass is 35.5. The first-order chi connectivity index (χ1) is 25.0. The number of nitrogens with zero attached hydrogens (tertiary/aromatic N) is 7. The van der Waals surface area contributed by atoms with Gasteiger partial charge >= 0.3 is 12.4 Å². The van der Waals surface area contributed by atoms with E-state index in [1.54, 1.807) is 17.9 Å². The highest BCUT2D eigenvalue weighted by Crippen LogP contribution is 2.35. The number of aromatic nitrogens is 3. The summed E-state index contributed by atoms with van der Waals surface area (Å²) < 4.78 is 109. The van der Waals surface area contributed by atoms with Crippen molar-refractivity contribution in [2.24, 2.45) is 4.99 Å². The quantitative estimate of drug-likeness (QED) is 0.149. The number of hydrogen-bond acceptors (Lipinski definition) is 11. The lowest BCUT2D eigenvalue weighted by Gasteiger charge is -2.36. The number of halogens is 7. The summed E-state index contributed by atoms with van der Waals surface area (Å²) in [7, 11) is -4.25. The Hall–Kier alpha value is -4.49. The molecule has 0 unspecified atom stereocenters. The topological polar surface area (TPSA) is 133 Å². The molecule has 0 saturated carbocycles. The van der Waals surface area contributed by atoms with E-state index < -0.39 is 33.5 Å². The van der Waals surface area contributed by atoms with Gasteiger partial charge in [-0.05, 0) is 60.5 Å². The maximum absolute atomic E-state index is 13.8. The normalized spacial score (nSPS) is 15.5. The smallest absolute Gasteiger partial charge is 0.368 e. The molecule has 0 radical (unpaired) electrons. The average Bonchev–Trinajstić information content (AvgIpc) is 3.53. The molecule has 282 valence electrons. The van der Waals surface area contributed by atoms with Gasteiger partial charge in [-0.15, -0.1) is 11.8 Å². The fraction of sp³-hybridized carbons (Fsp3) is 0.333. The Morgan fingerprint density at radius 1 is 0.868 bits per heavy atom. The lowest BCUT2D eigenvalue weighted by Crippen LogP contribution is -2.47. The van der Waals surface area contributed by atoms with Crippen LogP contribution < -0.4 is 20.3 Å². The number of guanidine groups is 1. The second-order valence-electron chi connectivity index (χ2n) is 12.2. The van der Waals surface area contributed by atoms with E-state index in [4.69, 9.17) is 17.3 Å². The minimum atomic E-state index is -4.48. The molecule has 4 aromatic rings. The molecule has 53 heavy (non-hydrogen) atoms. The molecule has 3 heterocycles. The predicted octanol–water partition coefficient (Wildman–Crippen LogP) is 6.22. The molecule has 20 heteroatoms. The van der Waals surface area contributed by atoms with Crippen LogP contribution in [0.1, 0.15) is 28.1 Å². The summed E-state index contributed by atoms with van der Waals surface area (Å²) >= 11 is 7.52. The van der Waals surface area contributed by atoms with Gasteiger partial charge in [0, 0.05) is 54.9 Å². The third kappa shape index (κ3) is 9.18. The van der Waals surface area contributed by atoms with Crippen molar-refractivity contribution in [1.29, 1.82) is 0 Å². The van der Waals surface area contributed by atoms with E-state index in [0.717, 1.165) is 36.0 Å². The molecule has 0 aliphatic carbocycles. The van der Waals surface area contributed by atoms with Gasteiger partial charge in [-0.2, -0.15) is 41.3 Å². The van der Waals surface area contributed by atoms with Gasteiger partial charge in [0.05, 0.1) is 23.4 Å². The number of thioether (sulfide) groups is 1. The standard InChI is InChI=1S/C33H32ClF6N9O2S2/c1-20-15-27(53(50,51)46-30-42-9-10-49(30)18-21-5-7-22(8-6-21)32(35,36)37)26(17-25(20)34)52-19-28-43-29(41)45-31(44-28)48-13-11-47(12-14-48)24-4-2-3-23(16-24)33(38,39)40/h2-8,15-17H,9-14,18-19H2,1H3,(H,42,46)(H2,41,43,44,45). The molecular formula is C33H32ClF6N9O2S2. The number of anilines is 3. The number of hydrogen-bond donors (Lipinski definition) is 2. The van der Waals surface area contributed by atoms with Crippen LogP contribution in [0.3, 0.4) is 0 Å². The van der Waals surface area contributed by atoms with Crippen molar-refractivity contribution in [3.63, 3.8) is 0 Å². The van der Waals surface area contributed by atoms with Crippen molar-refractivity contribution in [2.75, 3.05) is 54.8 Å². The molecule has 6 rings (SSSR count). The number of nitrogens with two attached hydrogens (primary N) is 1. The van der Waals surface area contributed by atoms with Crippen LogP contribution in [0, 0.1) is 6.92 Å². The van der Waals surface area contributed by atoms with Gasteiger partial charge in [0.1, 0.15) is 10.7 Å². The Morgan fingerprint density at radius 3 is 2.23 bits per heavy atom. The highest BCUT2D eigenvalue weighted by Gasteiger charge is 2.32. The number of piperazine rings is 1. The van der Waals surface area contributed by atoms with Crippen molar-refractivity contribution >= 4 is 56.9 Å². The van der Waals surface area contributed by atoms with Crippen LogP contribution in [0.5, 0.6) is 0 Å². The SMILES string of the molecule is Cc1cc(S(=O)(=O)NC2=NCCN2Cc2ccc(C(F)(F)F)cc2)c(SCc2nc(N)nc(N3CCN(c4cccc(C(F)(F)F)c4)CC3)n2)cc1Cl. The van der Waals surface area contributed by atoms with Crippen LogP contribution in [0.4, 0.5) is 43.9 Å². The summed E-state index contributed by atoms with van der Waals surface area (Å²) in [6, 6.07) is 12.7. The summed E-state index contributed by atoms with van der Waals surface area (Å²) in [4.78, 5) is 22.8. The summed E-state index contributed by atoms with van der Waals surface area (Å²) in [6.45, 7) is 4.02. The van der Waals surface area contributed by atoms with Crippen LogP contribution in [0.15, 0.2) is 75.4 Å². The van der Waals surface area contributed by atoms with E-state index in [1.807, 2.05) is 9.80 Å². The Morgan fingerprint density at radius 2 is 1.55 bits per heavy atom. The average molecular weight is 800 g/mol. The summed E-state index contributed by atoms with van der Waals surface area (Å²) in [6.07, 6.45) is -8.93. The van der Waals surface area contributed by atoms with Crippen molar-refractivity contribution in [3.8, 4) is 0 Å². The Bertz CT molecular complexity index is 2110. The first-order valence-corrected chi connectivity index (χ1v) is 18.9. The van der Waals surface area contributed by atoms with Crippen LogP contribution >= 0.6 is 23.4 Å². The van der Waals surface area contributed by atoms with Crippen molar-refractivity contribution < 1.29 is 34.8 Å². The first-order valence-electron chi connectivity index (χ1n) is 16.1. The Kier molecular flexibility index (Phi) is 10.9. The first kappa shape index (κ1) is 38.2. The molecule has 0 atom stereocenters. The molecule has 3 aromatic carbocycles. The molecule has 3 N–H and O–H groups in total. The van der Waals surface area contributed by atoms with Crippen LogP contribution in [-0.2, 0) is 34.7 Å². The second kappa shape index (κ2) is 15.1. The van der Waals surface area contributed by atoms with Crippen molar-refractivity contribution in [3.05, 3.63) is 93.8 Å². The predicted molar refractivity (Wildman–Crippen MR) is 190 cm³/mol. The molecule has 11 nitrogen and oxygen atoms in total. The number of aryl methyl sites for hydroxylation is 1. The molecule has 1 aromatic heterocycles. The van der Waals surface area contributed by atoms with Crippen molar-refractivity contribution in [1.82, 2.24) is 24.6 Å². The third-order valence-electron chi connectivity index (χ3n) is 8.47. The molecule has 2 aliphatic heterocycles. The monoisotopic (exact) mass is 799 g/mol. The molecule has 0 bridgehead atoms. The summed E-state index contributed by atoms with van der Waals surface area (Å²) in [5.41, 5.74) is 6.02. The van der Waals surface area contributed by atoms with E-state index in [1.165, 1.54) is 30.3 Å². The lowest BCUT2D eigenvalue weighted by molar-refractivity contribution is -0.138. The van der Waals surface area contributed by atoms with Gasteiger partial charge in [0.25, 0.3) is 10.0 Å². The minimum absolute atomic E-state index is 0.0523. The van der Waals surface area contributed by atoms with E-state index in [0.29, 0.717) is 54.6 Å². The molecular weight excluding hydrogens is 768 g/mol. The molecule has 1 fully saturated rings. The number of benzene rings is 3. The number of rotatable bonds is 9. The van der Waals surface area contributed by atoms with Crippen LogP contribution in [0.2, 0.25) is 5.02 Å². The fourth-order valence-electron chi connectivity index (χ4n) is 5.70. The van der Waals surface area contributed by atoms with Gasteiger partial charge in [-0.3, -0.25) is 4.99 Å². The van der Waals surface area contributed by atoms with E-state index in [-0.39, 0.29) is 52.3 Å². The third-order valence-corrected chi connectivity index (χ3v) is 11.4. The van der Waals surface area contributed by atoms with Gasteiger partial charge < -0.3 is 20.4 Å². The zero-order valence-corrected chi connectivity index (χ0v) is 30.3. The number of sulfonamides is 1. The fourth-order valence-corrected chi connectivity index (χ4v) is 8.45. The molecule has 1 saturated heterocycles. The summed E-state index contributed by atoms with van der Waals surface area (Å²) in [5, 5.41) is 0.322. The molecule has 0 amide bonds. The van der Waals surface area contributed by atoms with Crippen LogP contribution in [-0.4, -0.2) is 73.5 Å². The lowest BCUT2D eigenvalue weighted by atomic mass is 10.1. The zero-order chi connectivity index (χ0) is 38.1. The van der Waals surface area contributed by atoms with Gasteiger partial charge in [-0.25, -0.2) is 13.1 Å². The minimum Gasteiger partial charge on any atom is -0.368 e. The largest absolute Gasteiger partial charge is 0.416 e. The van der Waals surface area contributed by atoms with Crippen molar-refractivity contribution in [2.45, 2.75) is 41.4 Å². The molecule has 2 aliphatic rings. The van der Waals surface area contributed by atoms with Crippen LogP contribution in [0.25, 0.3) is 0 Å². The Balaban J connectivity index is 1.14. The number of aliphatic imine (C=N–C) groups is 1. The number of nitrogens with one attached hydrogen (secondary N) is 1. The van der Waals surface area contributed by atoms with E-state index in [9.17, 15) is 34.8 Å². The van der Waals surface area contributed by atoms with Gasteiger partial charge in [-0.1, -0.05) is 29.8 Å². The number of nitrogen functional groups attached to an aromatic ring is 1.